The van der Waals surface area contributed by atoms with E-state index in [1.165, 1.54) is 38.5 Å². The monoisotopic (exact) mass is 234 g/mol. The molecule has 0 saturated carbocycles. The molecule has 90 valence electrons. The molecule has 0 heterocycles. The van der Waals surface area contributed by atoms with E-state index in [0.29, 0.717) is 6.42 Å². The predicted octanol–water partition coefficient (Wildman–Crippen LogP) is 4.26. The fourth-order valence-corrected chi connectivity index (χ4v) is 1.66. The molecule has 0 atom stereocenters. The molecular weight excluding hydrogens is 212 g/mol. The highest BCUT2D eigenvalue weighted by molar-refractivity contribution is 6.17. The Bertz CT molecular complexity index is 149. The highest BCUT2D eigenvalue weighted by Crippen LogP contribution is 2.09. The Hall–Kier alpha value is -0.240. The van der Waals surface area contributed by atoms with Gasteiger partial charge in [0.25, 0.3) is 0 Å². The molecule has 0 aromatic heterocycles. The first-order valence-electron chi connectivity index (χ1n) is 6.02. The maximum atomic E-state index is 10.9. The minimum atomic E-state index is -0.170. The molecule has 0 bridgehead atoms. The Morgan fingerprint density at radius 3 is 2.07 bits per heavy atom. The summed E-state index contributed by atoms with van der Waals surface area (Å²) in [5.74, 6) is -0.170. The van der Waals surface area contributed by atoms with Gasteiger partial charge < -0.3 is 4.74 Å². The van der Waals surface area contributed by atoms with Crippen molar-refractivity contribution >= 4 is 17.6 Å². The second kappa shape index (κ2) is 11.8. The van der Waals surface area contributed by atoms with Gasteiger partial charge in [0.2, 0.25) is 0 Å². The molecule has 0 amide bonds. The lowest BCUT2D eigenvalue weighted by Crippen LogP contribution is -2.01. The van der Waals surface area contributed by atoms with Gasteiger partial charge in [-0.3, -0.25) is 4.79 Å². The molecule has 3 heteroatoms. The summed E-state index contributed by atoms with van der Waals surface area (Å²) in [6, 6.07) is -0.0180. The van der Waals surface area contributed by atoms with E-state index < -0.39 is 0 Å². The molecule has 0 aromatic carbocycles. The lowest BCUT2D eigenvalue weighted by atomic mass is 10.1. The van der Waals surface area contributed by atoms with Gasteiger partial charge in [0.05, 0.1) is 0 Å². The molecule has 0 radical (unpaired) electrons. The van der Waals surface area contributed by atoms with Crippen LogP contribution in [0.4, 0.5) is 0 Å². The van der Waals surface area contributed by atoms with Crippen LogP contribution in [-0.4, -0.2) is 12.0 Å². The molecule has 0 N–H and O–H groups in total. The van der Waals surface area contributed by atoms with Crippen molar-refractivity contribution in [2.24, 2.45) is 0 Å². The van der Waals surface area contributed by atoms with Crippen molar-refractivity contribution in [1.29, 1.82) is 0 Å². The summed E-state index contributed by atoms with van der Waals surface area (Å²) in [6.45, 7) is 2.22. The number of halogens is 1. The van der Waals surface area contributed by atoms with Gasteiger partial charge >= 0.3 is 5.97 Å². The van der Waals surface area contributed by atoms with E-state index >= 15 is 0 Å². The van der Waals surface area contributed by atoms with E-state index in [-0.39, 0.29) is 12.0 Å². The Balaban J connectivity index is 3.01. The normalized spacial score (nSPS) is 10.3. The number of ether oxygens (including phenoxy) is 1. The van der Waals surface area contributed by atoms with Gasteiger partial charge in [0, 0.05) is 6.42 Å². The van der Waals surface area contributed by atoms with Crippen LogP contribution >= 0.6 is 11.6 Å². The van der Waals surface area contributed by atoms with E-state index in [1.807, 2.05) is 0 Å². The third-order valence-corrected chi connectivity index (χ3v) is 2.56. The van der Waals surface area contributed by atoms with Crippen LogP contribution in [0.25, 0.3) is 0 Å². The largest absolute Gasteiger partial charge is 0.449 e. The topological polar surface area (TPSA) is 26.3 Å². The number of carbonyl (C=O) groups is 1. The highest BCUT2D eigenvalue weighted by Gasteiger charge is 2.00. The Morgan fingerprint density at radius 2 is 1.53 bits per heavy atom. The van der Waals surface area contributed by atoms with Crippen molar-refractivity contribution in [2.45, 2.75) is 64.7 Å². The SMILES string of the molecule is CCCCCCCCCCC(=O)OCCl. The van der Waals surface area contributed by atoms with Crippen LogP contribution in [0.15, 0.2) is 0 Å². The standard InChI is InChI=1S/C12H23ClO2/c1-2-3-4-5-6-7-8-9-10-12(14)15-11-13/h2-11H2,1H3. The predicted molar refractivity (Wildman–Crippen MR) is 64.0 cm³/mol. The fourth-order valence-electron chi connectivity index (χ4n) is 1.54. The third-order valence-electron chi connectivity index (χ3n) is 2.45. The van der Waals surface area contributed by atoms with Crippen molar-refractivity contribution in [3.63, 3.8) is 0 Å². The van der Waals surface area contributed by atoms with Crippen molar-refractivity contribution in [3.05, 3.63) is 0 Å². The van der Waals surface area contributed by atoms with Gasteiger partial charge in [-0.15, -0.1) is 0 Å². The van der Waals surface area contributed by atoms with Crippen LogP contribution < -0.4 is 0 Å². The Morgan fingerprint density at radius 1 is 1.00 bits per heavy atom. The zero-order valence-electron chi connectivity index (χ0n) is 9.77. The summed E-state index contributed by atoms with van der Waals surface area (Å²) in [6.07, 6.45) is 10.4. The number of alkyl halides is 1. The second-order valence-electron chi connectivity index (χ2n) is 3.85. The lowest BCUT2D eigenvalue weighted by molar-refractivity contribution is -0.141. The van der Waals surface area contributed by atoms with Gasteiger partial charge in [-0.2, -0.15) is 0 Å². The number of esters is 1. The number of carbonyl (C=O) groups excluding carboxylic acids is 1. The zero-order valence-corrected chi connectivity index (χ0v) is 10.5. The third kappa shape index (κ3) is 11.7. The van der Waals surface area contributed by atoms with E-state index in [4.69, 9.17) is 11.6 Å². The average Bonchev–Trinajstić information content (AvgIpc) is 2.22. The number of rotatable bonds is 10. The van der Waals surface area contributed by atoms with E-state index in [0.717, 1.165) is 12.8 Å². The van der Waals surface area contributed by atoms with Crippen LogP contribution in [-0.2, 0) is 9.53 Å². The molecule has 0 aliphatic rings. The molecule has 0 spiro atoms. The molecule has 0 saturated heterocycles. The van der Waals surface area contributed by atoms with Gasteiger partial charge in [-0.1, -0.05) is 63.5 Å². The maximum absolute atomic E-state index is 10.9. The summed E-state index contributed by atoms with van der Waals surface area (Å²) in [7, 11) is 0. The van der Waals surface area contributed by atoms with Gasteiger partial charge in [0.15, 0.2) is 6.07 Å². The first kappa shape index (κ1) is 14.8. The summed E-state index contributed by atoms with van der Waals surface area (Å²) in [5.41, 5.74) is 0. The summed E-state index contributed by atoms with van der Waals surface area (Å²) in [4.78, 5) is 10.9. The van der Waals surface area contributed by atoms with E-state index in [1.54, 1.807) is 0 Å². The molecule has 0 aliphatic carbocycles. The number of hydrogen-bond acceptors (Lipinski definition) is 2. The quantitative estimate of drug-likeness (QED) is 0.321. The van der Waals surface area contributed by atoms with Gasteiger partial charge in [-0.25, -0.2) is 0 Å². The first-order chi connectivity index (χ1) is 7.31. The molecule has 0 fully saturated rings. The smallest absolute Gasteiger partial charge is 0.306 e. The molecular formula is C12H23ClO2. The van der Waals surface area contributed by atoms with Gasteiger partial charge in [-0.05, 0) is 6.42 Å². The molecule has 15 heavy (non-hydrogen) atoms. The molecule has 0 aromatic rings. The van der Waals surface area contributed by atoms with Crippen LogP contribution in [0.2, 0.25) is 0 Å². The summed E-state index contributed by atoms with van der Waals surface area (Å²) >= 11 is 5.26. The van der Waals surface area contributed by atoms with Crippen LogP contribution in [0, 0.1) is 0 Å². The van der Waals surface area contributed by atoms with Gasteiger partial charge in [0.1, 0.15) is 0 Å². The van der Waals surface area contributed by atoms with Crippen molar-refractivity contribution in [1.82, 2.24) is 0 Å². The fraction of sp³-hybridized carbons (Fsp3) is 0.917. The zero-order chi connectivity index (χ0) is 11.4. The molecule has 0 aliphatic heterocycles. The molecule has 0 rings (SSSR count). The van der Waals surface area contributed by atoms with Crippen molar-refractivity contribution < 1.29 is 9.53 Å². The summed E-state index contributed by atoms with van der Waals surface area (Å²) in [5, 5.41) is 0. The minimum absolute atomic E-state index is 0.0180. The van der Waals surface area contributed by atoms with E-state index in [9.17, 15) is 4.79 Å². The van der Waals surface area contributed by atoms with Crippen molar-refractivity contribution in [3.8, 4) is 0 Å². The van der Waals surface area contributed by atoms with Crippen LogP contribution in [0.3, 0.4) is 0 Å². The number of hydrogen-bond donors (Lipinski definition) is 0. The van der Waals surface area contributed by atoms with E-state index in [2.05, 4.69) is 11.7 Å². The minimum Gasteiger partial charge on any atom is -0.449 e. The second-order valence-corrected chi connectivity index (χ2v) is 4.07. The average molecular weight is 235 g/mol. The van der Waals surface area contributed by atoms with Crippen molar-refractivity contribution in [2.75, 3.05) is 6.07 Å². The summed E-state index contributed by atoms with van der Waals surface area (Å²) < 4.78 is 4.63. The maximum Gasteiger partial charge on any atom is 0.306 e. The van der Waals surface area contributed by atoms with Crippen LogP contribution in [0.1, 0.15) is 64.7 Å². The Labute approximate surface area is 98.3 Å². The molecule has 2 nitrogen and oxygen atoms in total. The first-order valence-corrected chi connectivity index (χ1v) is 6.56. The van der Waals surface area contributed by atoms with Crippen LogP contribution in [0.5, 0.6) is 0 Å². The number of unbranched alkanes of at least 4 members (excludes halogenated alkanes) is 7. The molecule has 0 unspecified atom stereocenters. The lowest BCUT2D eigenvalue weighted by Gasteiger charge is -2.01. The highest BCUT2D eigenvalue weighted by atomic mass is 35.5. The Kier molecular flexibility index (Phi) is 11.6.